The Balaban J connectivity index is 0.00000400. The molecule has 0 bridgehead atoms. The zero-order valence-electron chi connectivity index (χ0n) is 20.5. The zero-order chi connectivity index (χ0) is 27.0. The highest BCUT2D eigenvalue weighted by atomic mass is 35.5. The predicted octanol–water partition coefficient (Wildman–Crippen LogP) is 4.96. The Morgan fingerprint density at radius 3 is 2.05 bits per heavy atom. The number of amides is 2. The van der Waals surface area contributed by atoms with Crippen LogP contribution in [0, 0.1) is 11.8 Å². The maximum absolute atomic E-state index is 13.5. The molecule has 1 N–H and O–H groups in total. The van der Waals surface area contributed by atoms with Crippen molar-refractivity contribution in [1.29, 1.82) is 0 Å². The molecule has 0 saturated carbocycles. The molecule has 38 heavy (non-hydrogen) atoms. The molecule has 0 unspecified atom stereocenters. The average Bonchev–Trinajstić information content (AvgIpc) is 2.81. The van der Waals surface area contributed by atoms with E-state index in [1.165, 1.54) is 11.9 Å². The van der Waals surface area contributed by atoms with Gasteiger partial charge in [0.2, 0.25) is 11.8 Å². The molecule has 2 atom stereocenters. The van der Waals surface area contributed by atoms with E-state index < -0.39 is 41.8 Å². The molecule has 2 heterocycles. The van der Waals surface area contributed by atoms with Gasteiger partial charge in [-0.2, -0.15) is 26.3 Å². The van der Waals surface area contributed by atoms with Gasteiger partial charge in [-0.3, -0.25) is 9.59 Å². The van der Waals surface area contributed by atoms with Crippen molar-refractivity contribution in [2.75, 3.05) is 33.2 Å². The predicted molar refractivity (Wildman–Crippen MR) is 130 cm³/mol. The lowest BCUT2D eigenvalue weighted by Gasteiger charge is -2.42. The molecule has 2 aliphatic rings. The van der Waals surface area contributed by atoms with Crippen LogP contribution in [0.15, 0.2) is 48.5 Å². The van der Waals surface area contributed by atoms with Crippen molar-refractivity contribution in [2.45, 2.75) is 31.2 Å². The van der Waals surface area contributed by atoms with Gasteiger partial charge >= 0.3 is 12.4 Å². The Bertz CT molecular complexity index is 1110. The number of hydrogen-bond donors (Lipinski definition) is 1. The van der Waals surface area contributed by atoms with Crippen LogP contribution in [-0.2, 0) is 28.5 Å². The number of benzene rings is 2. The Morgan fingerprint density at radius 1 is 0.974 bits per heavy atom. The molecule has 208 valence electrons. The third kappa shape index (κ3) is 6.61. The number of carbonyl (C=O) groups excluding carboxylic acids is 2. The third-order valence-corrected chi connectivity index (χ3v) is 7.04. The summed E-state index contributed by atoms with van der Waals surface area (Å²) < 4.78 is 79.6. The molecule has 4 rings (SSSR count). The molecule has 5 nitrogen and oxygen atoms in total. The minimum Gasteiger partial charge on any atom is -0.342 e. The number of nitrogens with one attached hydrogen (secondary N) is 1. The number of likely N-dealkylation sites (tertiary alicyclic amines) is 1. The van der Waals surface area contributed by atoms with E-state index in [-0.39, 0.29) is 41.8 Å². The van der Waals surface area contributed by atoms with Crippen LogP contribution in [0.25, 0.3) is 0 Å². The molecular weight excluding hydrogens is 536 g/mol. The summed E-state index contributed by atoms with van der Waals surface area (Å²) in [5, 5.41) is 3.07. The quantitative estimate of drug-likeness (QED) is 0.524. The highest BCUT2D eigenvalue weighted by Crippen LogP contribution is 2.38. The van der Waals surface area contributed by atoms with E-state index in [2.05, 4.69) is 5.32 Å². The molecule has 0 aromatic heterocycles. The van der Waals surface area contributed by atoms with E-state index in [0.717, 1.165) is 5.56 Å². The molecule has 2 aliphatic heterocycles. The van der Waals surface area contributed by atoms with Gasteiger partial charge in [0.1, 0.15) is 0 Å². The first kappa shape index (κ1) is 29.8. The summed E-state index contributed by atoms with van der Waals surface area (Å²) in [6.45, 7) is 1.46. The summed E-state index contributed by atoms with van der Waals surface area (Å²) in [6, 6.07) is 10.5. The van der Waals surface area contributed by atoms with Gasteiger partial charge in [0.25, 0.3) is 0 Å². The van der Waals surface area contributed by atoms with Crippen molar-refractivity contribution in [3.05, 3.63) is 70.8 Å². The lowest BCUT2D eigenvalue weighted by molar-refractivity contribution is -0.144. The number of alkyl halides is 6. The standard InChI is InChI=1S/C26H27F6N3O2.ClH/c1-34(14-16-9-19(25(27,28)29)11-20(10-16)26(30,31)32)24(37)21-7-8-35(23(36)18-12-33-13-18)15-22(21)17-5-3-2-4-6-17;/h2-6,9-11,18,21-22,33H,7-8,12-15H2,1H3;1H/t21-,22-;/m0./s1. The maximum Gasteiger partial charge on any atom is 0.416 e. The van der Waals surface area contributed by atoms with Crippen molar-refractivity contribution in [3.8, 4) is 0 Å². The minimum absolute atomic E-state index is 0. The van der Waals surface area contributed by atoms with Crippen molar-refractivity contribution in [2.24, 2.45) is 11.8 Å². The normalized spacial score (nSPS) is 20.3. The first-order valence-electron chi connectivity index (χ1n) is 11.9. The van der Waals surface area contributed by atoms with Gasteiger partial charge in [0, 0.05) is 51.6 Å². The largest absolute Gasteiger partial charge is 0.416 e. The molecule has 2 aromatic carbocycles. The molecule has 0 aliphatic carbocycles. The smallest absolute Gasteiger partial charge is 0.342 e. The molecule has 2 amide bonds. The summed E-state index contributed by atoms with van der Waals surface area (Å²) in [4.78, 5) is 29.3. The Morgan fingerprint density at radius 2 is 1.55 bits per heavy atom. The number of hydrogen-bond acceptors (Lipinski definition) is 3. The van der Waals surface area contributed by atoms with Gasteiger partial charge in [-0.05, 0) is 35.7 Å². The molecular formula is C26H28ClF6N3O2. The van der Waals surface area contributed by atoms with Crippen molar-refractivity contribution in [3.63, 3.8) is 0 Å². The minimum atomic E-state index is -4.97. The fourth-order valence-corrected chi connectivity index (χ4v) is 4.95. The Labute approximate surface area is 222 Å². The van der Waals surface area contributed by atoms with E-state index in [4.69, 9.17) is 0 Å². The molecule has 0 spiro atoms. The van der Waals surface area contributed by atoms with Crippen LogP contribution in [0.5, 0.6) is 0 Å². The van der Waals surface area contributed by atoms with Crippen LogP contribution in [0.2, 0.25) is 0 Å². The second-order valence-electron chi connectivity index (χ2n) is 9.66. The van der Waals surface area contributed by atoms with Gasteiger partial charge in [0.05, 0.1) is 17.0 Å². The fourth-order valence-electron chi connectivity index (χ4n) is 4.95. The molecule has 12 heteroatoms. The third-order valence-electron chi connectivity index (χ3n) is 7.04. The average molecular weight is 564 g/mol. The van der Waals surface area contributed by atoms with Crippen LogP contribution < -0.4 is 5.32 Å². The molecule has 2 aromatic rings. The van der Waals surface area contributed by atoms with E-state index in [1.54, 1.807) is 4.90 Å². The summed E-state index contributed by atoms with van der Waals surface area (Å²) in [5.41, 5.74) is -2.26. The zero-order valence-corrected chi connectivity index (χ0v) is 21.3. The lowest BCUT2D eigenvalue weighted by Crippen LogP contribution is -2.55. The number of rotatable bonds is 5. The summed E-state index contributed by atoms with van der Waals surface area (Å²) >= 11 is 0. The van der Waals surface area contributed by atoms with Gasteiger partial charge in [-0.25, -0.2) is 0 Å². The number of halogens is 7. The molecule has 2 saturated heterocycles. The summed E-state index contributed by atoms with van der Waals surface area (Å²) in [7, 11) is 1.37. The van der Waals surface area contributed by atoms with Crippen molar-refractivity contribution in [1.82, 2.24) is 15.1 Å². The Kier molecular flexibility index (Phi) is 9.03. The van der Waals surface area contributed by atoms with Crippen LogP contribution in [0.4, 0.5) is 26.3 Å². The van der Waals surface area contributed by atoms with Gasteiger partial charge in [0.15, 0.2) is 0 Å². The number of piperidine rings is 1. The highest BCUT2D eigenvalue weighted by molar-refractivity contribution is 5.85. The van der Waals surface area contributed by atoms with E-state index in [0.29, 0.717) is 44.7 Å². The summed E-state index contributed by atoms with van der Waals surface area (Å²) in [6.07, 6.45) is -9.59. The lowest BCUT2D eigenvalue weighted by atomic mass is 9.79. The monoisotopic (exact) mass is 563 g/mol. The van der Waals surface area contributed by atoms with Gasteiger partial charge < -0.3 is 15.1 Å². The van der Waals surface area contributed by atoms with Crippen LogP contribution in [0.3, 0.4) is 0 Å². The first-order chi connectivity index (χ1) is 17.3. The second-order valence-corrected chi connectivity index (χ2v) is 9.66. The van der Waals surface area contributed by atoms with E-state index in [9.17, 15) is 35.9 Å². The van der Waals surface area contributed by atoms with Gasteiger partial charge in [-0.15, -0.1) is 12.4 Å². The van der Waals surface area contributed by atoms with Crippen LogP contribution >= 0.6 is 12.4 Å². The van der Waals surface area contributed by atoms with Gasteiger partial charge in [-0.1, -0.05) is 30.3 Å². The van der Waals surface area contributed by atoms with E-state index >= 15 is 0 Å². The second kappa shape index (κ2) is 11.5. The van der Waals surface area contributed by atoms with E-state index in [1.807, 2.05) is 30.3 Å². The molecule has 2 fully saturated rings. The Hall–Kier alpha value is -2.79. The van der Waals surface area contributed by atoms with Crippen LogP contribution in [-0.4, -0.2) is 54.8 Å². The highest BCUT2D eigenvalue weighted by Gasteiger charge is 2.41. The van der Waals surface area contributed by atoms with Crippen LogP contribution in [0.1, 0.15) is 34.6 Å². The number of nitrogens with zero attached hydrogens (tertiary/aromatic N) is 2. The first-order valence-corrected chi connectivity index (χ1v) is 11.9. The van der Waals surface area contributed by atoms with Crippen molar-refractivity contribution < 1.29 is 35.9 Å². The van der Waals surface area contributed by atoms with Crippen molar-refractivity contribution >= 4 is 24.2 Å². The summed E-state index contributed by atoms with van der Waals surface area (Å²) in [5.74, 6) is -1.41. The SMILES string of the molecule is CN(Cc1cc(C(F)(F)F)cc(C(F)(F)F)c1)C(=O)[C@H]1CCN(C(=O)C2CNC2)C[C@H]1c1ccccc1.Cl. The topological polar surface area (TPSA) is 52.7 Å². The maximum atomic E-state index is 13.5. The molecule has 0 radical (unpaired) electrons. The fraction of sp³-hybridized carbons (Fsp3) is 0.462. The number of carbonyl (C=O) groups is 2.